The van der Waals surface area contributed by atoms with E-state index in [-0.39, 0.29) is 11.5 Å². The van der Waals surface area contributed by atoms with E-state index in [9.17, 15) is 15.0 Å². The van der Waals surface area contributed by atoms with Gasteiger partial charge in [-0.3, -0.25) is 14.2 Å². The third-order valence-corrected chi connectivity index (χ3v) is 3.38. The fourth-order valence-electron chi connectivity index (χ4n) is 2.60. The van der Waals surface area contributed by atoms with Crippen LogP contribution in [0.25, 0.3) is 27.3 Å². The number of pyridine rings is 2. The van der Waals surface area contributed by atoms with Gasteiger partial charge in [-0.1, -0.05) is 0 Å². The van der Waals surface area contributed by atoms with Crippen LogP contribution < -0.4 is 5.56 Å². The van der Waals surface area contributed by atoms with Crippen molar-refractivity contribution < 1.29 is 10.2 Å². The van der Waals surface area contributed by atoms with E-state index in [1.165, 1.54) is 16.5 Å². The van der Waals surface area contributed by atoms with Crippen LogP contribution in [0.3, 0.4) is 0 Å². The summed E-state index contributed by atoms with van der Waals surface area (Å²) in [6, 6.07) is 7.93. The zero-order valence-electron chi connectivity index (χ0n) is 9.66. The summed E-state index contributed by atoms with van der Waals surface area (Å²) in [6.07, 6.45) is 1.62. The van der Waals surface area contributed by atoms with Crippen LogP contribution in [0.15, 0.2) is 41.3 Å². The molecule has 4 aromatic rings. The third-order valence-electron chi connectivity index (χ3n) is 3.38. The van der Waals surface area contributed by atoms with Crippen molar-refractivity contribution in [1.82, 2.24) is 9.38 Å². The fraction of sp³-hybridized carbons (Fsp3) is 0. The Labute approximate surface area is 106 Å². The van der Waals surface area contributed by atoms with Crippen LogP contribution in [-0.2, 0) is 0 Å². The van der Waals surface area contributed by atoms with Gasteiger partial charge < -0.3 is 10.2 Å². The molecule has 0 atom stereocenters. The highest BCUT2D eigenvalue weighted by atomic mass is 16.3. The number of phenols is 1. The summed E-state index contributed by atoms with van der Waals surface area (Å²) in [7, 11) is 0. The Bertz CT molecular complexity index is 1000. The maximum atomic E-state index is 12.1. The largest absolute Gasteiger partial charge is 0.508 e. The average Bonchev–Trinajstić information content (AvgIpc) is 2.72. The molecule has 0 bridgehead atoms. The van der Waals surface area contributed by atoms with Gasteiger partial charge in [-0.05, 0) is 24.3 Å². The molecule has 0 radical (unpaired) electrons. The lowest BCUT2D eigenvalue weighted by atomic mass is 10.1. The Morgan fingerprint density at radius 3 is 2.74 bits per heavy atom. The van der Waals surface area contributed by atoms with Gasteiger partial charge in [0.1, 0.15) is 5.75 Å². The van der Waals surface area contributed by atoms with Gasteiger partial charge in [0.2, 0.25) is 0 Å². The minimum atomic E-state index is -0.480. The molecule has 0 spiro atoms. The molecule has 92 valence electrons. The van der Waals surface area contributed by atoms with E-state index in [1.807, 2.05) is 0 Å². The van der Waals surface area contributed by atoms with Crippen LogP contribution >= 0.6 is 0 Å². The zero-order chi connectivity index (χ0) is 13.1. The lowest BCUT2D eigenvalue weighted by Crippen LogP contribution is -2.11. The SMILES string of the molecule is O=c1c(O)cc2nccc3c4cc(O)ccc4n1c23. The summed E-state index contributed by atoms with van der Waals surface area (Å²) in [5, 5.41) is 20.9. The number of phenolic OH excluding ortho intramolecular Hbond substituents is 1. The van der Waals surface area contributed by atoms with Crippen molar-refractivity contribution in [2.45, 2.75) is 0 Å². The van der Waals surface area contributed by atoms with Crippen molar-refractivity contribution in [2.24, 2.45) is 0 Å². The normalized spacial score (nSPS) is 11.8. The number of rotatable bonds is 0. The van der Waals surface area contributed by atoms with Crippen molar-refractivity contribution >= 4 is 27.3 Å². The molecule has 0 aliphatic heterocycles. The molecule has 2 N–H and O–H groups in total. The number of aromatic hydroxyl groups is 2. The molecule has 1 aromatic carbocycles. The quantitative estimate of drug-likeness (QED) is 0.501. The van der Waals surface area contributed by atoms with Gasteiger partial charge in [0.15, 0.2) is 5.75 Å². The molecule has 5 heteroatoms. The number of nitrogens with zero attached hydrogens (tertiary/aromatic N) is 2. The van der Waals surface area contributed by atoms with Gasteiger partial charge in [-0.25, -0.2) is 0 Å². The average molecular weight is 252 g/mol. The summed E-state index contributed by atoms with van der Waals surface area (Å²) in [5.41, 5.74) is 1.37. The standard InChI is InChI=1S/C14H8N2O3/c17-7-1-2-11-9(5-7)8-3-4-15-10-6-12(18)14(19)16(11)13(8)10/h1-6,17-18H. The van der Waals surface area contributed by atoms with Gasteiger partial charge >= 0.3 is 0 Å². The second-order valence-corrected chi connectivity index (χ2v) is 4.46. The van der Waals surface area contributed by atoms with E-state index in [1.54, 1.807) is 24.4 Å². The summed E-state index contributed by atoms with van der Waals surface area (Å²) in [5.74, 6) is -0.202. The van der Waals surface area contributed by atoms with Gasteiger partial charge in [0.05, 0.1) is 16.6 Å². The molecule has 0 saturated heterocycles. The number of hydrogen-bond donors (Lipinski definition) is 2. The van der Waals surface area contributed by atoms with E-state index in [0.29, 0.717) is 16.6 Å². The highest BCUT2D eigenvalue weighted by molar-refractivity contribution is 6.13. The molecule has 19 heavy (non-hydrogen) atoms. The first-order valence-corrected chi connectivity index (χ1v) is 5.74. The Morgan fingerprint density at radius 1 is 1.05 bits per heavy atom. The molecule has 0 amide bonds. The second kappa shape index (κ2) is 3.14. The van der Waals surface area contributed by atoms with Gasteiger partial charge in [-0.2, -0.15) is 0 Å². The maximum absolute atomic E-state index is 12.1. The van der Waals surface area contributed by atoms with Crippen molar-refractivity contribution in [1.29, 1.82) is 0 Å². The Hall–Kier alpha value is -2.82. The van der Waals surface area contributed by atoms with Crippen LogP contribution in [0.4, 0.5) is 0 Å². The Morgan fingerprint density at radius 2 is 1.89 bits per heavy atom. The molecule has 3 aromatic heterocycles. The number of aromatic nitrogens is 2. The number of fused-ring (bicyclic) bond motifs is 3. The first-order chi connectivity index (χ1) is 9.16. The predicted molar refractivity (Wildman–Crippen MR) is 71.0 cm³/mol. The van der Waals surface area contributed by atoms with Crippen LogP contribution in [0.5, 0.6) is 11.5 Å². The van der Waals surface area contributed by atoms with Crippen LogP contribution in [0.1, 0.15) is 0 Å². The molecule has 4 rings (SSSR count). The first-order valence-electron chi connectivity index (χ1n) is 5.74. The van der Waals surface area contributed by atoms with E-state index in [4.69, 9.17) is 0 Å². The second-order valence-electron chi connectivity index (χ2n) is 4.46. The summed E-state index contributed by atoms with van der Waals surface area (Å²) < 4.78 is 1.43. The molecule has 0 saturated carbocycles. The molecule has 0 unspecified atom stereocenters. The van der Waals surface area contributed by atoms with Crippen molar-refractivity contribution in [3.05, 3.63) is 46.9 Å². The molecule has 0 fully saturated rings. The van der Waals surface area contributed by atoms with Gasteiger partial charge in [0, 0.05) is 23.0 Å². The molecular weight excluding hydrogens is 244 g/mol. The van der Waals surface area contributed by atoms with Gasteiger partial charge in [0.25, 0.3) is 5.56 Å². The predicted octanol–water partition coefficient (Wildman–Crippen LogP) is 1.85. The summed E-state index contributed by atoms with van der Waals surface area (Å²) in [4.78, 5) is 16.3. The Kier molecular flexibility index (Phi) is 1.67. The lowest BCUT2D eigenvalue weighted by molar-refractivity contribution is 0.466. The molecular formula is C14H8N2O3. The van der Waals surface area contributed by atoms with E-state index in [0.717, 1.165) is 10.8 Å². The van der Waals surface area contributed by atoms with E-state index < -0.39 is 5.56 Å². The number of hydrogen-bond acceptors (Lipinski definition) is 4. The van der Waals surface area contributed by atoms with Crippen LogP contribution in [0, 0.1) is 0 Å². The molecule has 0 aliphatic rings. The van der Waals surface area contributed by atoms with E-state index >= 15 is 0 Å². The van der Waals surface area contributed by atoms with Gasteiger partial charge in [-0.15, -0.1) is 0 Å². The lowest BCUT2D eigenvalue weighted by Gasteiger charge is -2.00. The van der Waals surface area contributed by atoms with Crippen molar-refractivity contribution in [2.75, 3.05) is 0 Å². The third kappa shape index (κ3) is 1.14. The zero-order valence-corrected chi connectivity index (χ0v) is 9.66. The fourth-order valence-corrected chi connectivity index (χ4v) is 2.60. The summed E-state index contributed by atoms with van der Waals surface area (Å²) in [6.45, 7) is 0. The van der Waals surface area contributed by atoms with E-state index in [2.05, 4.69) is 4.98 Å². The van der Waals surface area contributed by atoms with Crippen molar-refractivity contribution in [3.8, 4) is 11.5 Å². The smallest absolute Gasteiger partial charge is 0.297 e. The highest BCUT2D eigenvalue weighted by Gasteiger charge is 2.16. The monoisotopic (exact) mass is 252 g/mol. The highest BCUT2D eigenvalue weighted by Crippen LogP contribution is 2.32. The van der Waals surface area contributed by atoms with Crippen molar-refractivity contribution in [3.63, 3.8) is 0 Å². The number of benzene rings is 1. The summed E-state index contributed by atoms with van der Waals surface area (Å²) >= 11 is 0. The minimum absolute atomic E-state index is 0.133. The van der Waals surface area contributed by atoms with Crippen LogP contribution in [-0.4, -0.2) is 19.6 Å². The minimum Gasteiger partial charge on any atom is -0.508 e. The molecule has 5 nitrogen and oxygen atoms in total. The first kappa shape index (κ1) is 10.1. The molecule has 3 heterocycles. The Balaban J connectivity index is 2.50. The molecule has 0 aliphatic carbocycles. The topological polar surface area (TPSA) is 74.8 Å². The maximum Gasteiger partial charge on any atom is 0.297 e. The van der Waals surface area contributed by atoms with Crippen LogP contribution in [0.2, 0.25) is 0 Å².